The molecule has 0 amide bonds. The zero-order valence-electron chi connectivity index (χ0n) is 11.6. The van der Waals surface area contributed by atoms with Crippen LogP contribution in [0.5, 0.6) is 0 Å². The van der Waals surface area contributed by atoms with Crippen molar-refractivity contribution in [1.82, 2.24) is 4.72 Å². The van der Waals surface area contributed by atoms with E-state index in [4.69, 9.17) is 10.6 Å². The fraction of sp³-hybridized carbons (Fsp3) is 0.538. The van der Waals surface area contributed by atoms with E-state index in [1.165, 1.54) is 6.07 Å². The Morgan fingerprint density at radius 3 is 2.60 bits per heavy atom. The lowest BCUT2D eigenvalue weighted by Gasteiger charge is -2.33. The predicted molar refractivity (Wildman–Crippen MR) is 77.6 cm³/mol. The zero-order chi connectivity index (χ0) is 14.6. The van der Waals surface area contributed by atoms with Crippen LogP contribution in [0.3, 0.4) is 0 Å². The molecular formula is C13H21N3O3S. The molecule has 0 spiro atoms. The van der Waals surface area contributed by atoms with Crippen LogP contribution in [-0.4, -0.2) is 28.2 Å². The Kier molecular flexibility index (Phi) is 4.64. The maximum absolute atomic E-state index is 12.4. The summed E-state index contributed by atoms with van der Waals surface area (Å²) in [4.78, 5) is 0.165. The van der Waals surface area contributed by atoms with Gasteiger partial charge in [-0.25, -0.2) is 13.1 Å². The van der Waals surface area contributed by atoms with E-state index in [2.05, 4.69) is 17.1 Å². The topological polar surface area (TPSA) is 93.5 Å². The Bertz CT molecular complexity index is 554. The first-order valence-electron chi connectivity index (χ1n) is 6.60. The smallest absolute Gasteiger partial charge is 0.242 e. The van der Waals surface area contributed by atoms with Crippen molar-refractivity contribution in [2.24, 2.45) is 11.3 Å². The quantitative estimate of drug-likeness (QED) is 0.558. The van der Waals surface area contributed by atoms with Gasteiger partial charge in [0, 0.05) is 19.8 Å². The number of benzene rings is 1. The highest BCUT2D eigenvalue weighted by Crippen LogP contribution is 2.29. The number of nitrogen functional groups attached to an aromatic ring is 1. The van der Waals surface area contributed by atoms with Crippen LogP contribution in [0, 0.1) is 5.41 Å². The van der Waals surface area contributed by atoms with Gasteiger partial charge in [-0.3, -0.25) is 5.84 Å². The molecule has 0 radical (unpaired) electrons. The fourth-order valence-electron chi connectivity index (χ4n) is 2.21. The molecule has 112 valence electrons. The first kappa shape index (κ1) is 15.2. The molecule has 20 heavy (non-hydrogen) atoms. The monoisotopic (exact) mass is 299 g/mol. The fourth-order valence-corrected chi connectivity index (χ4v) is 3.58. The van der Waals surface area contributed by atoms with Crippen LogP contribution in [0.2, 0.25) is 0 Å². The molecule has 1 aromatic rings. The van der Waals surface area contributed by atoms with Crippen molar-refractivity contribution in [3.05, 3.63) is 24.3 Å². The molecule has 1 aliphatic heterocycles. The Hall–Kier alpha value is -1.15. The molecule has 0 unspecified atom stereocenters. The van der Waals surface area contributed by atoms with Crippen LogP contribution >= 0.6 is 0 Å². The van der Waals surface area contributed by atoms with Crippen molar-refractivity contribution < 1.29 is 13.2 Å². The Balaban J connectivity index is 2.11. The minimum atomic E-state index is -3.57. The standard InChI is InChI=1S/C13H21N3O3S/c1-13(6-8-19-9-7-13)10-15-20(17,18)12-5-3-2-4-11(12)16-14/h2-5,15-16H,6-10,14H2,1H3. The molecule has 0 atom stereocenters. The molecule has 6 nitrogen and oxygen atoms in total. The largest absolute Gasteiger partial charge is 0.381 e. The summed E-state index contributed by atoms with van der Waals surface area (Å²) in [5.74, 6) is 5.35. The third kappa shape index (κ3) is 3.49. The maximum atomic E-state index is 12.4. The Morgan fingerprint density at radius 1 is 1.30 bits per heavy atom. The first-order valence-corrected chi connectivity index (χ1v) is 8.08. The lowest BCUT2D eigenvalue weighted by Crippen LogP contribution is -2.39. The van der Waals surface area contributed by atoms with Crippen molar-refractivity contribution in [3.63, 3.8) is 0 Å². The van der Waals surface area contributed by atoms with Gasteiger partial charge in [-0.2, -0.15) is 0 Å². The second kappa shape index (κ2) is 6.09. The van der Waals surface area contributed by atoms with E-state index < -0.39 is 10.0 Å². The summed E-state index contributed by atoms with van der Waals surface area (Å²) in [6.07, 6.45) is 1.71. The van der Waals surface area contributed by atoms with Gasteiger partial charge in [-0.15, -0.1) is 0 Å². The number of para-hydroxylation sites is 1. The van der Waals surface area contributed by atoms with Crippen LogP contribution in [-0.2, 0) is 14.8 Å². The van der Waals surface area contributed by atoms with Crippen LogP contribution in [0.15, 0.2) is 29.2 Å². The minimum absolute atomic E-state index is 0.0591. The van der Waals surface area contributed by atoms with Crippen molar-refractivity contribution >= 4 is 15.7 Å². The molecule has 1 aromatic carbocycles. The van der Waals surface area contributed by atoms with Crippen LogP contribution in [0.4, 0.5) is 5.69 Å². The third-order valence-electron chi connectivity index (χ3n) is 3.72. The second-order valence-corrected chi connectivity index (χ2v) is 7.12. The van der Waals surface area contributed by atoms with E-state index in [1.807, 2.05) is 0 Å². The van der Waals surface area contributed by atoms with E-state index in [9.17, 15) is 8.42 Å². The minimum Gasteiger partial charge on any atom is -0.381 e. The van der Waals surface area contributed by atoms with E-state index in [-0.39, 0.29) is 10.3 Å². The van der Waals surface area contributed by atoms with Crippen LogP contribution < -0.4 is 16.0 Å². The number of sulfonamides is 1. The molecule has 0 aromatic heterocycles. The number of nitrogens with two attached hydrogens (primary N) is 1. The second-order valence-electron chi connectivity index (χ2n) is 5.39. The molecule has 7 heteroatoms. The van der Waals surface area contributed by atoms with E-state index in [1.54, 1.807) is 18.2 Å². The number of nitrogens with one attached hydrogen (secondary N) is 2. The van der Waals surface area contributed by atoms with Crippen molar-refractivity contribution in [2.75, 3.05) is 25.2 Å². The molecule has 1 heterocycles. The van der Waals surface area contributed by atoms with Gasteiger partial charge in [-0.1, -0.05) is 19.1 Å². The Morgan fingerprint density at radius 2 is 1.95 bits per heavy atom. The molecule has 4 N–H and O–H groups in total. The number of ether oxygens (including phenoxy) is 1. The summed E-state index contributed by atoms with van der Waals surface area (Å²) in [7, 11) is -3.57. The third-order valence-corrected chi connectivity index (χ3v) is 5.18. The maximum Gasteiger partial charge on any atom is 0.242 e. The molecular weight excluding hydrogens is 278 g/mol. The molecule has 0 bridgehead atoms. The molecule has 1 fully saturated rings. The van der Waals surface area contributed by atoms with Gasteiger partial charge >= 0.3 is 0 Å². The SMILES string of the molecule is CC1(CNS(=O)(=O)c2ccccc2NN)CCOCC1. The summed E-state index contributed by atoms with van der Waals surface area (Å²) < 4.78 is 32.7. The summed E-state index contributed by atoms with van der Waals surface area (Å²) in [6, 6.07) is 6.56. The van der Waals surface area contributed by atoms with Crippen molar-refractivity contribution in [2.45, 2.75) is 24.7 Å². The molecule has 1 saturated heterocycles. The van der Waals surface area contributed by atoms with E-state index in [0.717, 1.165) is 12.8 Å². The first-order chi connectivity index (χ1) is 9.47. The van der Waals surface area contributed by atoms with Crippen LogP contribution in [0.25, 0.3) is 0 Å². The van der Waals surface area contributed by atoms with Gasteiger partial charge in [0.15, 0.2) is 0 Å². The number of hydrogen-bond donors (Lipinski definition) is 3. The summed E-state index contributed by atoms with van der Waals surface area (Å²) in [6.45, 7) is 3.83. The molecule has 2 rings (SSSR count). The molecule has 1 aliphatic rings. The average Bonchev–Trinajstić information content (AvgIpc) is 2.46. The van der Waals surface area contributed by atoms with Crippen molar-refractivity contribution in [3.8, 4) is 0 Å². The lowest BCUT2D eigenvalue weighted by atomic mass is 9.83. The summed E-state index contributed by atoms with van der Waals surface area (Å²) in [5.41, 5.74) is 2.74. The number of hydrogen-bond acceptors (Lipinski definition) is 5. The lowest BCUT2D eigenvalue weighted by molar-refractivity contribution is 0.0265. The van der Waals surface area contributed by atoms with Gasteiger partial charge in [0.25, 0.3) is 0 Å². The number of anilines is 1. The van der Waals surface area contributed by atoms with E-state index >= 15 is 0 Å². The number of rotatable bonds is 5. The number of hydrazine groups is 1. The summed E-state index contributed by atoms with van der Waals surface area (Å²) >= 11 is 0. The van der Waals surface area contributed by atoms with Gasteiger partial charge in [0.1, 0.15) is 4.90 Å². The van der Waals surface area contributed by atoms with E-state index in [0.29, 0.717) is 25.4 Å². The van der Waals surface area contributed by atoms with Crippen LogP contribution in [0.1, 0.15) is 19.8 Å². The van der Waals surface area contributed by atoms with Gasteiger partial charge < -0.3 is 10.2 Å². The Labute approximate surface area is 119 Å². The van der Waals surface area contributed by atoms with Gasteiger partial charge in [0.2, 0.25) is 10.0 Å². The molecule has 0 aliphatic carbocycles. The highest BCUT2D eigenvalue weighted by Gasteiger charge is 2.29. The van der Waals surface area contributed by atoms with Gasteiger partial charge in [0.05, 0.1) is 5.69 Å². The normalized spacial score (nSPS) is 18.7. The zero-order valence-corrected chi connectivity index (χ0v) is 12.4. The predicted octanol–water partition coefficient (Wildman–Crippen LogP) is 1.07. The highest BCUT2D eigenvalue weighted by atomic mass is 32.2. The average molecular weight is 299 g/mol. The van der Waals surface area contributed by atoms with Gasteiger partial charge in [-0.05, 0) is 30.4 Å². The molecule has 0 saturated carbocycles. The highest BCUT2D eigenvalue weighted by molar-refractivity contribution is 7.89. The van der Waals surface area contributed by atoms with Crippen molar-refractivity contribution in [1.29, 1.82) is 0 Å². The summed E-state index contributed by atoms with van der Waals surface area (Å²) in [5, 5.41) is 0.